The van der Waals surface area contributed by atoms with Gasteiger partial charge in [-0.3, -0.25) is 14.2 Å². The maximum Gasteiger partial charge on any atom is 0.326 e. The molecule has 146 valence electrons. The molecule has 0 radical (unpaired) electrons. The van der Waals surface area contributed by atoms with Gasteiger partial charge in [0.15, 0.2) is 0 Å². The van der Waals surface area contributed by atoms with Crippen LogP contribution in [-0.2, 0) is 9.59 Å². The van der Waals surface area contributed by atoms with Crippen molar-refractivity contribution in [2.24, 2.45) is 5.92 Å². The lowest BCUT2D eigenvalue weighted by Crippen LogP contribution is -2.46. The molecule has 1 aromatic heterocycles. The molecule has 1 amide bonds. The van der Waals surface area contributed by atoms with Crippen LogP contribution >= 0.6 is 11.8 Å². The van der Waals surface area contributed by atoms with Crippen molar-refractivity contribution in [3.8, 4) is 0 Å². The largest absolute Gasteiger partial charge is 0.480 e. The van der Waals surface area contributed by atoms with Crippen molar-refractivity contribution in [2.45, 2.75) is 38.8 Å². The van der Waals surface area contributed by atoms with Crippen LogP contribution < -0.4 is 10.9 Å². The summed E-state index contributed by atoms with van der Waals surface area (Å²) in [5, 5.41) is 12.4. The van der Waals surface area contributed by atoms with Gasteiger partial charge in [0.05, 0.1) is 17.2 Å². The van der Waals surface area contributed by atoms with Gasteiger partial charge >= 0.3 is 5.97 Å². The maximum atomic E-state index is 12.9. The normalized spacial score (nSPS) is 13.5. The number of hydrogen-bond donors (Lipinski definition) is 2. The molecule has 0 aliphatic heterocycles. The van der Waals surface area contributed by atoms with E-state index in [0.29, 0.717) is 29.5 Å². The smallest absolute Gasteiger partial charge is 0.326 e. The SMILES string of the molecule is CSCCC(C(=O)NC(CC(C)C)C(=O)O)n1cnc2ccccc2c1=O. The fourth-order valence-electron chi connectivity index (χ4n) is 2.89. The molecule has 0 bridgehead atoms. The Morgan fingerprint density at radius 2 is 2.00 bits per heavy atom. The molecule has 1 aromatic carbocycles. The molecule has 0 aliphatic carbocycles. The molecule has 0 fully saturated rings. The average Bonchev–Trinajstić information content (AvgIpc) is 2.62. The maximum absolute atomic E-state index is 12.9. The lowest BCUT2D eigenvalue weighted by Gasteiger charge is -2.23. The zero-order chi connectivity index (χ0) is 20.0. The summed E-state index contributed by atoms with van der Waals surface area (Å²) in [6.45, 7) is 3.79. The number of carboxylic acids is 1. The minimum absolute atomic E-state index is 0.112. The highest BCUT2D eigenvalue weighted by molar-refractivity contribution is 7.98. The lowest BCUT2D eigenvalue weighted by atomic mass is 10.0. The van der Waals surface area contributed by atoms with Gasteiger partial charge in [-0.1, -0.05) is 26.0 Å². The van der Waals surface area contributed by atoms with Gasteiger partial charge in [-0.25, -0.2) is 9.78 Å². The van der Waals surface area contributed by atoms with Gasteiger partial charge in [0, 0.05) is 0 Å². The van der Waals surface area contributed by atoms with E-state index in [1.54, 1.807) is 36.0 Å². The number of thioether (sulfide) groups is 1. The predicted molar refractivity (Wildman–Crippen MR) is 107 cm³/mol. The second kappa shape index (κ2) is 9.55. The highest BCUT2D eigenvalue weighted by atomic mass is 32.2. The molecule has 1 heterocycles. The molecule has 2 N–H and O–H groups in total. The van der Waals surface area contributed by atoms with Crippen molar-refractivity contribution < 1.29 is 14.7 Å². The van der Waals surface area contributed by atoms with Crippen LogP contribution in [0.15, 0.2) is 35.4 Å². The first kappa shape index (κ1) is 21.0. The van der Waals surface area contributed by atoms with E-state index in [9.17, 15) is 19.5 Å². The zero-order valence-electron chi connectivity index (χ0n) is 15.7. The Hall–Kier alpha value is -2.35. The van der Waals surface area contributed by atoms with Gasteiger partial charge < -0.3 is 10.4 Å². The third kappa shape index (κ3) is 5.32. The first-order valence-electron chi connectivity index (χ1n) is 8.83. The third-order valence-electron chi connectivity index (χ3n) is 4.25. The average molecular weight is 391 g/mol. The summed E-state index contributed by atoms with van der Waals surface area (Å²) in [6.07, 6.45) is 4.00. The zero-order valence-corrected chi connectivity index (χ0v) is 16.5. The van der Waals surface area contributed by atoms with Gasteiger partial charge in [0.1, 0.15) is 12.1 Å². The molecule has 2 unspecified atom stereocenters. The molecule has 27 heavy (non-hydrogen) atoms. The van der Waals surface area contributed by atoms with Crippen LogP contribution in [0.1, 0.15) is 32.7 Å². The summed E-state index contributed by atoms with van der Waals surface area (Å²) in [7, 11) is 0. The number of hydrogen-bond acceptors (Lipinski definition) is 5. The topological polar surface area (TPSA) is 101 Å². The van der Waals surface area contributed by atoms with Gasteiger partial charge in [-0.2, -0.15) is 11.8 Å². The third-order valence-corrected chi connectivity index (χ3v) is 4.89. The van der Waals surface area contributed by atoms with E-state index in [4.69, 9.17) is 0 Å². The molecule has 0 saturated heterocycles. The van der Waals surface area contributed by atoms with Crippen molar-refractivity contribution in [1.29, 1.82) is 0 Å². The fourth-order valence-corrected chi connectivity index (χ4v) is 3.35. The van der Waals surface area contributed by atoms with E-state index in [0.717, 1.165) is 0 Å². The minimum Gasteiger partial charge on any atom is -0.480 e. The van der Waals surface area contributed by atoms with E-state index in [-0.39, 0.29) is 11.5 Å². The number of aliphatic carboxylic acids is 1. The van der Waals surface area contributed by atoms with Gasteiger partial charge in [0.2, 0.25) is 5.91 Å². The summed E-state index contributed by atoms with van der Waals surface area (Å²) in [5.74, 6) is -0.791. The van der Waals surface area contributed by atoms with Gasteiger partial charge in [-0.05, 0) is 42.9 Å². The van der Waals surface area contributed by atoms with E-state index in [2.05, 4.69) is 10.3 Å². The summed E-state index contributed by atoms with van der Waals surface area (Å²) in [5.41, 5.74) is 0.253. The Morgan fingerprint density at radius 1 is 1.30 bits per heavy atom. The van der Waals surface area contributed by atoms with Crippen molar-refractivity contribution in [2.75, 3.05) is 12.0 Å². The van der Waals surface area contributed by atoms with Crippen molar-refractivity contribution in [3.63, 3.8) is 0 Å². The van der Waals surface area contributed by atoms with Crippen LogP contribution in [0.5, 0.6) is 0 Å². The molecular formula is C19H25N3O4S. The quantitative estimate of drug-likeness (QED) is 0.680. The van der Waals surface area contributed by atoms with E-state index >= 15 is 0 Å². The summed E-state index contributed by atoms with van der Waals surface area (Å²) < 4.78 is 1.31. The van der Waals surface area contributed by atoms with Crippen LogP contribution in [0.4, 0.5) is 0 Å². The number of nitrogens with zero attached hydrogens (tertiary/aromatic N) is 2. The summed E-state index contributed by atoms with van der Waals surface area (Å²) in [4.78, 5) is 41.5. The number of carbonyl (C=O) groups is 2. The monoisotopic (exact) mass is 391 g/mol. The number of aromatic nitrogens is 2. The standard InChI is InChI=1S/C19H25N3O4S/c1-12(2)10-15(19(25)26)21-17(23)16(8-9-27-3)22-11-20-14-7-5-4-6-13(14)18(22)24/h4-7,11-12,15-16H,8-10H2,1-3H3,(H,21,23)(H,25,26). The minimum atomic E-state index is -1.08. The number of carbonyl (C=O) groups excluding carboxylic acids is 1. The Morgan fingerprint density at radius 3 is 2.63 bits per heavy atom. The van der Waals surface area contributed by atoms with Crippen LogP contribution in [0, 0.1) is 5.92 Å². The van der Waals surface area contributed by atoms with Crippen molar-refractivity contribution >= 4 is 34.5 Å². The number of para-hydroxylation sites is 1. The molecular weight excluding hydrogens is 366 g/mol. The molecule has 2 atom stereocenters. The fraction of sp³-hybridized carbons (Fsp3) is 0.474. The van der Waals surface area contributed by atoms with Crippen molar-refractivity contribution in [3.05, 3.63) is 40.9 Å². The van der Waals surface area contributed by atoms with E-state index < -0.39 is 24.0 Å². The van der Waals surface area contributed by atoms with Crippen LogP contribution in [0.3, 0.4) is 0 Å². The van der Waals surface area contributed by atoms with Crippen LogP contribution in [0.2, 0.25) is 0 Å². The van der Waals surface area contributed by atoms with Crippen LogP contribution in [-0.4, -0.2) is 44.6 Å². The van der Waals surface area contributed by atoms with Gasteiger partial charge in [-0.15, -0.1) is 0 Å². The second-order valence-corrected chi connectivity index (χ2v) is 7.79. The van der Waals surface area contributed by atoms with E-state index in [1.165, 1.54) is 10.9 Å². The first-order chi connectivity index (χ1) is 12.8. The van der Waals surface area contributed by atoms with Gasteiger partial charge in [0.25, 0.3) is 5.56 Å². The number of benzene rings is 1. The number of carboxylic acid groups (broad SMARTS) is 1. The first-order valence-corrected chi connectivity index (χ1v) is 10.2. The molecule has 0 aliphatic rings. The van der Waals surface area contributed by atoms with Crippen LogP contribution in [0.25, 0.3) is 10.9 Å². The van der Waals surface area contributed by atoms with Crippen molar-refractivity contribution in [1.82, 2.24) is 14.9 Å². The number of nitrogens with one attached hydrogen (secondary N) is 1. The number of amides is 1. The Bertz CT molecular complexity index is 865. The molecule has 0 spiro atoms. The molecule has 7 nitrogen and oxygen atoms in total. The Labute approximate surface area is 162 Å². The highest BCUT2D eigenvalue weighted by Crippen LogP contribution is 2.16. The predicted octanol–water partition coefficient (Wildman–Crippen LogP) is 2.31. The molecule has 2 aromatic rings. The van der Waals surface area contributed by atoms with E-state index in [1.807, 2.05) is 20.1 Å². The Kier molecular flexibility index (Phi) is 7.41. The number of rotatable bonds is 9. The Balaban J connectivity index is 2.37. The second-order valence-electron chi connectivity index (χ2n) is 6.80. The lowest BCUT2D eigenvalue weighted by molar-refractivity contribution is -0.142. The summed E-state index contributed by atoms with van der Waals surface area (Å²) in [6, 6.07) is 5.15. The summed E-state index contributed by atoms with van der Waals surface area (Å²) >= 11 is 1.56. The molecule has 8 heteroatoms. The molecule has 0 saturated carbocycles. The highest BCUT2D eigenvalue weighted by Gasteiger charge is 2.27. The number of fused-ring (bicyclic) bond motifs is 1. The molecule has 2 rings (SSSR count).